The molecule has 1 aromatic rings. The molecule has 0 saturated carbocycles. The largest absolute Gasteiger partial charge is 0.355 e. The predicted molar refractivity (Wildman–Crippen MR) is 82.0 cm³/mol. The molecule has 118 valence electrons. The highest BCUT2D eigenvalue weighted by atomic mass is 16.2. The van der Waals surface area contributed by atoms with E-state index in [1.807, 2.05) is 12.1 Å². The van der Waals surface area contributed by atoms with Crippen LogP contribution in [-0.2, 0) is 16.0 Å². The van der Waals surface area contributed by atoms with Crippen molar-refractivity contribution >= 4 is 11.8 Å². The molecule has 0 unspecified atom stereocenters. The first-order valence-corrected chi connectivity index (χ1v) is 7.75. The number of likely N-dealkylation sites (tertiary alicyclic amines) is 1. The van der Waals surface area contributed by atoms with Gasteiger partial charge in [-0.3, -0.25) is 14.6 Å². The van der Waals surface area contributed by atoms with Crippen molar-refractivity contribution in [3.63, 3.8) is 0 Å². The summed E-state index contributed by atoms with van der Waals surface area (Å²) >= 11 is 0. The normalized spacial score (nSPS) is 26.8. The fraction of sp³-hybridized carbons (Fsp3) is 0.562. The smallest absolute Gasteiger partial charge is 0.229 e. The SMILES string of the molecule is CC(=O)N1C[C@H]2CNC[C@@]2(C(=O)NCCc2ccncc2)C1. The van der Waals surface area contributed by atoms with Gasteiger partial charge in [-0.25, -0.2) is 0 Å². The standard InChI is InChI=1S/C16H22N4O2/c1-12(21)20-9-14-8-18-10-16(14,11-20)15(22)19-7-4-13-2-5-17-6-3-13/h2-3,5-6,14,18H,4,7-11H2,1H3,(H,19,22)/t14-,16-/m1/s1. The van der Waals surface area contributed by atoms with Gasteiger partial charge in [-0.1, -0.05) is 0 Å². The van der Waals surface area contributed by atoms with E-state index < -0.39 is 5.41 Å². The number of carbonyl (C=O) groups is 2. The molecule has 2 aliphatic rings. The fourth-order valence-corrected chi connectivity index (χ4v) is 3.53. The van der Waals surface area contributed by atoms with Crippen LogP contribution in [0.25, 0.3) is 0 Å². The Labute approximate surface area is 130 Å². The van der Waals surface area contributed by atoms with Gasteiger partial charge in [-0.2, -0.15) is 0 Å². The molecule has 6 heteroatoms. The van der Waals surface area contributed by atoms with E-state index in [9.17, 15) is 9.59 Å². The van der Waals surface area contributed by atoms with Crippen LogP contribution in [0.1, 0.15) is 12.5 Å². The number of carbonyl (C=O) groups excluding carboxylic acids is 2. The zero-order valence-corrected chi connectivity index (χ0v) is 12.8. The van der Waals surface area contributed by atoms with Crippen LogP contribution in [-0.4, -0.2) is 54.4 Å². The van der Waals surface area contributed by atoms with E-state index in [-0.39, 0.29) is 17.7 Å². The third-order valence-corrected chi connectivity index (χ3v) is 4.87. The molecule has 2 N–H and O–H groups in total. The molecule has 0 aromatic carbocycles. The Bertz CT molecular complexity index is 563. The van der Waals surface area contributed by atoms with Gasteiger partial charge in [0.2, 0.25) is 11.8 Å². The molecule has 2 aliphatic heterocycles. The summed E-state index contributed by atoms with van der Waals surface area (Å²) in [6.07, 6.45) is 4.31. The van der Waals surface area contributed by atoms with Gasteiger partial charge in [-0.15, -0.1) is 0 Å². The van der Waals surface area contributed by atoms with Gasteiger partial charge in [0.05, 0.1) is 5.41 Å². The van der Waals surface area contributed by atoms with Crippen molar-refractivity contribution in [3.05, 3.63) is 30.1 Å². The fourth-order valence-electron chi connectivity index (χ4n) is 3.53. The minimum atomic E-state index is -0.454. The van der Waals surface area contributed by atoms with Crippen molar-refractivity contribution < 1.29 is 9.59 Å². The summed E-state index contributed by atoms with van der Waals surface area (Å²) in [5.41, 5.74) is 0.704. The van der Waals surface area contributed by atoms with Crippen molar-refractivity contribution in [2.75, 3.05) is 32.7 Å². The number of nitrogens with zero attached hydrogens (tertiary/aromatic N) is 2. The topological polar surface area (TPSA) is 74.3 Å². The second-order valence-corrected chi connectivity index (χ2v) is 6.24. The van der Waals surface area contributed by atoms with Gasteiger partial charge in [0.25, 0.3) is 0 Å². The third kappa shape index (κ3) is 2.70. The summed E-state index contributed by atoms with van der Waals surface area (Å²) in [5.74, 6) is 0.344. The van der Waals surface area contributed by atoms with Crippen LogP contribution < -0.4 is 10.6 Å². The first-order chi connectivity index (χ1) is 10.6. The molecule has 22 heavy (non-hydrogen) atoms. The summed E-state index contributed by atoms with van der Waals surface area (Å²) < 4.78 is 0. The lowest BCUT2D eigenvalue weighted by molar-refractivity contribution is -0.132. The Hall–Kier alpha value is -1.95. The molecule has 2 saturated heterocycles. The molecule has 3 rings (SSSR count). The highest BCUT2D eigenvalue weighted by molar-refractivity contribution is 5.86. The number of rotatable bonds is 4. The number of hydrogen-bond acceptors (Lipinski definition) is 4. The van der Waals surface area contributed by atoms with Crippen molar-refractivity contribution in [2.24, 2.45) is 11.3 Å². The molecule has 2 fully saturated rings. The molecule has 0 spiro atoms. The Balaban J connectivity index is 1.60. The molecule has 2 amide bonds. The molecule has 0 bridgehead atoms. The molecule has 6 nitrogen and oxygen atoms in total. The maximum Gasteiger partial charge on any atom is 0.229 e. The van der Waals surface area contributed by atoms with Crippen LogP contribution >= 0.6 is 0 Å². The van der Waals surface area contributed by atoms with Crippen molar-refractivity contribution in [1.29, 1.82) is 0 Å². The minimum absolute atomic E-state index is 0.0540. The second kappa shape index (κ2) is 6.04. The Kier molecular flexibility index (Phi) is 4.11. The average Bonchev–Trinajstić information content (AvgIpc) is 3.06. The Morgan fingerprint density at radius 2 is 2.23 bits per heavy atom. The second-order valence-electron chi connectivity index (χ2n) is 6.24. The lowest BCUT2D eigenvalue weighted by atomic mass is 9.80. The van der Waals surface area contributed by atoms with Gasteiger partial charge in [0.1, 0.15) is 0 Å². The Morgan fingerprint density at radius 3 is 2.95 bits per heavy atom. The summed E-state index contributed by atoms with van der Waals surface area (Å²) in [7, 11) is 0. The van der Waals surface area contributed by atoms with Gasteiger partial charge >= 0.3 is 0 Å². The number of aromatic nitrogens is 1. The van der Waals surface area contributed by atoms with Crippen LogP contribution in [0.5, 0.6) is 0 Å². The predicted octanol–water partition coefficient (Wildman–Crippen LogP) is -0.192. The van der Waals surface area contributed by atoms with E-state index in [1.54, 1.807) is 24.2 Å². The first-order valence-electron chi connectivity index (χ1n) is 7.75. The van der Waals surface area contributed by atoms with E-state index in [2.05, 4.69) is 15.6 Å². The van der Waals surface area contributed by atoms with Gasteiger partial charge in [-0.05, 0) is 24.1 Å². The van der Waals surface area contributed by atoms with Crippen LogP contribution in [0.3, 0.4) is 0 Å². The first kappa shape index (κ1) is 15.0. The number of fused-ring (bicyclic) bond motifs is 1. The zero-order chi connectivity index (χ0) is 15.6. The minimum Gasteiger partial charge on any atom is -0.355 e. The van der Waals surface area contributed by atoms with E-state index in [0.29, 0.717) is 26.2 Å². The molecule has 0 radical (unpaired) electrons. The van der Waals surface area contributed by atoms with Crippen LogP contribution in [0.15, 0.2) is 24.5 Å². The molecule has 3 heterocycles. The van der Waals surface area contributed by atoms with E-state index in [4.69, 9.17) is 0 Å². The third-order valence-electron chi connectivity index (χ3n) is 4.87. The quantitative estimate of drug-likeness (QED) is 0.808. The molecule has 2 atom stereocenters. The van der Waals surface area contributed by atoms with Crippen molar-refractivity contribution in [1.82, 2.24) is 20.5 Å². The zero-order valence-electron chi connectivity index (χ0n) is 12.8. The lowest BCUT2D eigenvalue weighted by Crippen LogP contribution is -2.48. The number of hydrogen-bond donors (Lipinski definition) is 2. The van der Waals surface area contributed by atoms with Gasteiger partial charge in [0, 0.05) is 58.0 Å². The maximum absolute atomic E-state index is 12.7. The highest BCUT2D eigenvalue weighted by Gasteiger charge is 2.55. The summed E-state index contributed by atoms with van der Waals surface area (Å²) in [6.45, 7) is 4.85. The van der Waals surface area contributed by atoms with Crippen LogP contribution in [0.4, 0.5) is 0 Å². The molecular formula is C16H22N4O2. The van der Waals surface area contributed by atoms with E-state index in [1.165, 1.54) is 0 Å². The van der Waals surface area contributed by atoms with Crippen LogP contribution in [0.2, 0.25) is 0 Å². The summed E-state index contributed by atoms with van der Waals surface area (Å²) in [4.78, 5) is 30.1. The summed E-state index contributed by atoms with van der Waals surface area (Å²) in [6, 6.07) is 3.91. The average molecular weight is 302 g/mol. The van der Waals surface area contributed by atoms with Crippen molar-refractivity contribution in [3.8, 4) is 0 Å². The lowest BCUT2D eigenvalue weighted by Gasteiger charge is -2.26. The monoisotopic (exact) mass is 302 g/mol. The van der Waals surface area contributed by atoms with Crippen LogP contribution in [0, 0.1) is 11.3 Å². The van der Waals surface area contributed by atoms with Crippen molar-refractivity contribution in [2.45, 2.75) is 13.3 Å². The number of amides is 2. The maximum atomic E-state index is 12.7. The molecular weight excluding hydrogens is 280 g/mol. The highest BCUT2D eigenvalue weighted by Crippen LogP contribution is 2.39. The number of pyridine rings is 1. The summed E-state index contributed by atoms with van der Waals surface area (Å²) in [5, 5.41) is 6.36. The van der Waals surface area contributed by atoms with E-state index in [0.717, 1.165) is 18.5 Å². The van der Waals surface area contributed by atoms with Gasteiger partial charge in [0.15, 0.2) is 0 Å². The molecule has 1 aromatic heterocycles. The Morgan fingerprint density at radius 1 is 1.45 bits per heavy atom. The van der Waals surface area contributed by atoms with E-state index >= 15 is 0 Å². The molecule has 0 aliphatic carbocycles. The van der Waals surface area contributed by atoms with Gasteiger partial charge < -0.3 is 15.5 Å². The number of nitrogens with one attached hydrogen (secondary N) is 2.